The second-order valence-corrected chi connectivity index (χ2v) is 6.26. The van der Waals surface area contributed by atoms with Crippen molar-refractivity contribution in [2.75, 3.05) is 20.2 Å². The molecule has 1 saturated heterocycles. The molecule has 1 aliphatic rings. The predicted octanol–water partition coefficient (Wildman–Crippen LogP) is 2.45. The van der Waals surface area contributed by atoms with E-state index in [0.717, 1.165) is 36.6 Å². The third-order valence-electron chi connectivity index (χ3n) is 4.52. The van der Waals surface area contributed by atoms with Gasteiger partial charge in [-0.2, -0.15) is 5.10 Å². The van der Waals surface area contributed by atoms with Gasteiger partial charge < -0.3 is 9.64 Å². The first-order chi connectivity index (χ1) is 11.6. The summed E-state index contributed by atoms with van der Waals surface area (Å²) in [5.41, 5.74) is 0.889. The van der Waals surface area contributed by atoms with Gasteiger partial charge in [0, 0.05) is 20.2 Å². The predicted molar refractivity (Wildman–Crippen MR) is 90.5 cm³/mol. The zero-order valence-corrected chi connectivity index (χ0v) is 14.5. The minimum Gasteiger partial charge on any atom is -0.367 e. The SMILES string of the molecule is CO[C@@H](C(=O)N1CCC[C@@H](n2nc(C)nc2C)C1)c1ccccc1. The van der Waals surface area contributed by atoms with Gasteiger partial charge in [-0.15, -0.1) is 0 Å². The van der Waals surface area contributed by atoms with Crippen LogP contribution in [0.5, 0.6) is 0 Å². The average molecular weight is 328 g/mol. The molecule has 1 aliphatic heterocycles. The van der Waals surface area contributed by atoms with Crippen LogP contribution < -0.4 is 0 Å². The monoisotopic (exact) mass is 328 g/mol. The van der Waals surface area contributed by atoms with Crippen LogP contribution in [0.3, 0.4) is 0 Å². The number of aryl methyl sites for hydroxylation is 2. The molecule has 0 radical (unpaired) electrons. The quantitative estimate of drug-likeness (QED) is 0.865. The van der Waals surface area contributed by atoms with Crippen LogP contribution in [0, 0.1) is 13.8 Å². The lowest BCUT2D eigenvalue weighted by atomic mass is 10.0. The number of aromatic nitrogens is 3. The highest BCUT2D eigenvalue weighted by Gasteiger charge is 2.31. The molecular weight excluding hydrogens is 304 g/mol. The maximum atomic E-state index is 13.0. The standard InChI is InChI=1S/C18H24N4O2/c1-13-19-14(2)22(20-13)16-10-7-11-21(12-16)18(23)17(24-3)15-8-5-4-6-9-15/h4-6,8-9,16-17H,7,10-12H2,1-3H3/t16-,17-/m1/s1. The first-order valence-corrected chi connectivity index (χ1v) is 8.36. The fourth-order valence-corrected chi connectivity index (χ4v) is 3.41. The fourth-order valence-electron chi connectivity index (χ4n) is 3.41. The van der Waals surface area contributed by atoms with E-state index in [1.807, 2.05) is 53.8 Å². The Hall–Kier alpha value is -2.21. The normalized spacial score (nSPS) is 19.3. The molecule has 0 spiro atoms. The summed E-state index contributed by atoms with van der Waals surface area (Å²) in [5, 5.41) is 4.49. The minimum absolute atomic E-state index is 0.0166. The first-order valence-electron chi connectivity index (χ1n) is 8.36. The van der Waals surface area contributed by atoms with E-state index in [1.165, 1.54) is 0 Å². The smallest absolute Gasteiger partial charge is 0.256 e. The molecule has 0 saturated carbocycles. The summed E-state index contributed by atoms with van der Waals surface area (Å²) >= 11 is 0. The summed E-state index contributed by atoms with van der Waals surface area (Å²) < 4.78 is 7.45. The van der Waals surface area contributed by atoms with Crippen LogP contribution >= 0.6 is 0 Å². The molecule has 2 atom stereocenters. The van der Waals surface area contributed by atoms with Crippen LogP contribution in [0.1, 0.15) is 42.2 Å². The lowest BCUT2D eigenvalue weighted by molar-refractivity contribution is -0.144. The van der Waals surface area contributed by atoms with Crippen molar-refractivity contribution in [3.8, 4) is 0 Å². The Balaban J connectivity index is 1.76. The van der Waals surface area contributed by atoms with Crippen LogP contribution in [0.4, 0.5) is 0 Å². The first kappa shape index (κ1) is 16.6. The molecule has 1 aromatic heterocycles. The molecule has 6 heteroatoms. The fraction of sp³-hybridized carbons (Fsp3) is 0.500. The van der Waals surface area contributed by atoms with E-state index < -0.39 is 6.10 Å². The molecule has 3 rings (SSSR count). The molecule has 2 aromatic rings. The number of ether oxygens (including phenoxy) is 1. The van der Waals surface area contributed by atoms with Crippen LogP contribution in [-0.2, 0) is 9.53 Å². The van der Waals surface area contributed by atoms with Crippen molar-refractivity contribution in [3.05, 3.63) is 47.5 Å². The van der Waals surface area contributed by atoms with E-state index in [1.54, 1.807) is 7.11 Å². The summed E-state index contributed by atoms with van der Waals surface area (Å²) in [6.45, 7) is 5.26. The Kier molecular flexibility index (Phi) is 4.94. The molecule has 24 heavy (non-hydrogen) atoms. The largest absolute Gasteiger partial charge is 0.367 e. The highest BCUT2D eigenvalue weighted by atomic mass is 16.5. The molecule has 6 nitrogen and oxygen atoms in total. The number of methoxy groups -OCH3 is 1. The van der Waals surface area contributed by atoms with E-state index in [2.05, 4.69) is 10.1 Å². The van der Waals surface area contributed by atoms with Crippen LogP contribution in [0.2, 0.25) is 0 Å². The number of likely N-dealkylation sites (tertiary alicyclic amines) is 1. The van der Waals surface area contributed by atoms with Gasteiger partial charge in [0.05, 0.1) is 6.04 Å². The molecule has 0 bridgehead atoms. The highest BCUT2D eigenvalue weighted by Crippen LogP contribution is 2.26. The summed E-state index contributed by atoms with van der Waals surface area (Å²) in [4.78, 5) is 19.2. The molecule has 1 amide bonds. The van der Waals surface area contributed by atoms with Gasteiger partial charge in [0.2, 0.25) is 0 Å². The van der Waals surface area contributed by atoms with Gasteiger partial charge in [0.25, 0.3) is 5.91 Å². The second kappa shape index (κ2) is 7.13. The average Bonchev–Trinajstić information content (AvgIpc) is 2.95. The highest BCUT2D eigenvalue weighted by molar-refractivity contribution is 5.82. The van der Waals surface area contributed by atoms with E-state index in [0.29, 0.717) is 6.54 Å². The van der Waals surface area contributed by atoms with Crippen molar-refractivity contribution in [1.82, 2.24) is 19.7 Å². The molecule has 0 aliphatic carbocycles. The molecule has 1 aromatic carbocycles. The van der Waals surface area contributed by atoms with E-state index >= 15 is 0 Å². The number of amides is 1. The Bertz CT molecular complexity index is 698. The van der Waals surface area contributed by atoms with Gasteiger partial charge in [-0.05, 0) is 32.3 Å². The zero-order chi connectivity index (χ0) is 17.1. The summed E-state index contributed by atoms with van der Waals surface area (Å²) in [7, 11) is 1.59. The van der Waals surface area contributed by atoms with Gasteiger partial charge in [-0.1, -0.05) is 30.3 Å². The lowest BCUT2D eigenvalue weighted by Crippen LogP contribution is -2.43. The number of nitrogens with zero attached hydrogens (tertiary/aromatic N) is 4. The van der Waals surface area contributed by atoms with Gasteiger partial charge in [-0.25, -0.2) is 9.67 Å². The van der Waals surface area contributed by atoms with Crippen molar-refractivity contribution < 1.29 is 9.53 Å². The summed E-state index contributed by atoms with van der Waals surface area (Å²) in [5.74, 6) is 1.69. The Labute approximate surface area is 142 Å². The molecule has 0 N–H and O–H groups in total. The van der Waals surface area contributed by atoms with Crippen molar-refractivity contribution in [2.45, 2.75) is 38.8 Å². The molecule has 2 heterocycles. The van der Waals surface area contributed by atoms with Gasteiger partial charge >= 0.3 is 0 Å². The van der Waals surface area contributed by atoms with Crippen LogP contribution in [0.25, 0.3) is 0 Å². The van der Waals surface area contributed by atoms with Crippen molar-refractivity contribution >= 4 is 5.91 Å². The Morgan fingerprint density at radius 3 is 2.67 bits per heavy atom. The molecule has 1 fully saturated rings. The maximum absolute atomic E-state index is 13.0. The molecular formula is C18H24N4O2. The molecule has 128 valence electrons. The number of piperidine rings is 1. The topological polar surface area (TPSA) is 60.2 Å². The number of carbonyl (C=O) groups is 1. The van der Waals surface area contributed by atoms with E-state index in [4.69, 9.17) is 4.74 Å². The van der Waals surface area contributed by atoms with Gasteiger partial charge in [0.15, 0.2) is 6.10 Å². The van der Waals surface area contributed by atoms with Crippen LogP contribution in [-0.4, -0.2) is 45.8 Å². The maximum Gasteiger partial charge on any atom is 0.256 e. The van der Waals surface area contributed by atoms with E-state index in [9.17, 15) is 4.79 Å². The third-order valence-corrected chi connectivity index (χ3v) is 4.52. The third kappa shape index (κ3) is 3.33. The number of hydrogen-bond acceptors (Lipinski definition) is 4. The zero-order valence-electron chi connectivity index (χ0n) is 14.5. The van der Waals surface area contributed by atoms with E-state index in [-0.39, 0.29) is 11.9 Å². The number of benzene rings is 1. The second-order valence-electron chi connectivity index (χ2n) is 6.26. The summed E-state index contributed by atoms with van der Waals surface area (Å²) in [6.07, 6.45) is 1.42. The minimum atomic E-state index is -0.552. The van der Waals surface area contributed by atoms with Crippen LogP contribution in [0.15, 0.2) is 30.3 Å². The Morgan fingerprint density at radius 1 is 1.29 bits per heavy atom. The van der Waals surface area contributed by atoms with Crippen molar-refractivity contribution in [1.29, 1.82) is 0 Å². The van der Waals surface area contributed by atoms with Gasteiger partial charge in [0.1, 0.15) is 11.6 Å². The molecule has 0 unspecified atom stereocenters. The summed E-state index contributed by atoms with van der Waals surface area (Å²) in [6, 6.07) is 9.83. The van der Waals surface area contributed by atoms with Crippen molar-refractivity contribution in [3.63, 3.8) is 0 Å². The lowest BCUT2D eigenvalue weighted by Gasteiger charge is -2.35. The Morgan fingerprint density at radius 2 is 2.04 bits per heavy atom. The number of carbonyl (C=O) groups excluding carboxylic acids is 1. The number of rotatable bonds is 4. The van der Waals surface area contributed by atoms with Crippen molar-refractivity contribution in [2.24, 2.45) is 0 Å². The van der Waals surface area contributed by atoms with Gasteiger partial charge in [-0.3, -0.25) is 4.79 Å². The number of hydrogen-bond donors (Lipinski definition) is 0.